The van der Waals surface area contributed by atoms with Crippen molar-refractivity contribution in [1.29, 1.82) is 0 Å². The van der Waals surface area contributed by atoms with E-state index in [2.05, 4.69) is 0 Å². The highest BCUT2D eigenvalue weighted by atomic mass is 32.2. The zero-order valence-electron chi connectivity index (χ0n) is 10.6. The Balaban J connectivity index is 2.77. The first-order valence-electron chi connectivity index (χ1n) is 5.88. The van der Waals surface area contributed by atoms with Gasteiger partial charge in [-0.1, -0.05) is 42.5 Å². The summed E-state index contributed by atoms with van der Waals surface area (Å²) in [5, 5.41) is 5.26. The van der Waals surface area contributed by atoms with E-state index in [1.165, 1.54) is 6.07 Å². The van der Waals surface area contributed by atoms with Gasteiger partial charge in [0, 0.05) is 6.04 Å². The summed E-state index contributed by atoms with van der Waals surface area (Å²) in [6.45, 7) is 1.75. The quantitative estimate of drug-likeness (QED) is 0.899. The van der Waals surface area contributed by atoms with Gasteiger partial charge >= 0.3 is 0 Å². The normalized spacial score (nSPS) is 13.2. The smallest absolute Gasteiger partial charge is 0.238 e. The summed E-state index contributed by atoms with van der Waals surface area (Å²) in [4.78, 5) is 0.0869. The Labute approximate surface area is 113 Å². The molecule has 0 saturated carbocycles. The highest BCUT2D eigenvalue weighted by Gasteiger charge is 2.20. The van der Waals surface area contributed by atoms with E-state index >= 15 is 0 Å². The van der Waals surface area contributed by atoms with Gasteiger partial charge < -0.3 is 5.73 Å². The fraction of sp³-hybridized carbons (Fsp3) is 0.143. The summed E-state index contributed by atoms with van der Waals surface area (Å²) in [7, 11) is -3.79. The van der Waals surface area contributed by atoms with Crippen LogP contribution >= 0.6 is 0 Å². The molecule has 1 atom stereocenters. The van der Waals surface area contributed by atoms with Crippen molar-refractivity contribution in [3.63, 3.8) is 0 Å². The molecule has 19 heavy (non-hydrogen) atoms. The minimum atomic E-state index is -3.79. The van der Waals surface area contributed by atoms with Gasteiger partial charge in [-0.05, 0) is 29.7 Å². The van der Waals surface area contributed by atoms with Gasteiger partial charge in [-0.15, -0.1) is 0 Å². The Bertz CT molecular complexity index is 680. The first-order chi connectivity index (χ1) is 8.91. The van der Waals surface area contributed by atoms with Gasteiger partial charge in [-0.25, -0.2) is 13.6 Å². The zero-order valence-corrected chi connectivity index (χ0v) is 11.4. The molecule has 0 radical (unpaired) electrons. The fourth-order valence-corrected chi connectivity index (χ4v) is 3.00. The van der Waals surface area contributed by atoms with E-state index in [0.717, 1.165) is 11.1 Å². The molecule has 4 nitrogen and oxygen atoms in total. The van der Waals surface area contributed by atoms with Gasteiger partial charge in [0.1, 0.15) is 0 Å². The van der Waals surface area contributed by atoms with E-state index in [4.69, 9.17) is 10.9 Å². The maximum atomic E-state index is 11.7. The third kappa shape index (κ3) is 2.84. The summed E-state index contributed by atoms with van der Waals surface area (Å²) in [6.07, 6.45) is 0. The highest BCUT2D eigenvalue weighted by Crippen LogP contribution is 2.31. The van der Waals surface area contributed by atoms with E-state index in [1.54, 1.807) is 13.0 Å². The molecule has 0 aliphatic heterocycles. The predicted molar refractivity (Wildman–Crippen MR) is 75.9 cm³/mol. The summed E-state index contributed by atoms with van der Waals surface area (Å²) >= 11 is 0. The van der Waals surface area contributed by atoms with Crippen LogP contribution in [0.4, 0.5) is 0 Å². The monoisotopic (exact) mass is 276 g/mol. The first-order valence-corrected chi connectivity index (χ1v) is 7.42. The molecule has 2 aromatic carbocycles. The second kappa shape index (κ2) is 5.13. The lowest BCUT2D eigenvalue weighted by Gasteiger charge is -2.16. The lowest BCUT2D eigenvalue weighted by atomic mass is 9.96. The number of hydrogen-bond acceptors (Lipinski definition) is 3. The van der Waals surface area contributed by atoms with Crippen molar-refractivity contribution in [3.8, 4) is 11.1 Å². The third-order valence-electron chi connectivity index (χ3n) is 2.91. The van der Waals surface area contributed by atoms with Crippen molar-refractivity contribution in [2.45, 2.75) is 17.9 Å². The second-order valence-corrected chi connectivity index (χ2v) is 5.95. The average molecular weight is 276 g/mol. The number of sulfonamides is 1. The predicted octanol–water partition coefficient (Wildman–Crippen LogP) is 2.02. The summed E-state index contributed by atoms with van der Waals surface area (Å²) in [5.41, 5.74) is 8.19. The number of benzene rings is 2. The fourth-order valence-electron chi connectivity index (χ4n) is 2.13. The molecule has 5 heteroatoms. The van der Waals surface area contributed by atoms with Crippen LogP contribution in [-0.2, 0) is 10.0 Å². The summed E-state index contributed by atoms with van der Waals surface area (Å²) in [6, 6.07) is 14.1. The Kier molecular flexibility index (Phi) is 3.71. The largest absolute Gasteiger partial charge is 0.324 e. The van der Waals surface area contributed by atoms with E-state index in [-0.39, 0.29) is 4.90 Å². The Hall–Kier alpha value is -1.69. The van der Waals surface area contributed by atoms with Crippen LogP contribution in [0, 0.1) is 0 Å². The van der Waals surface area contributed by atoms with Crippen LogP contribution in [-0.4, -0.2) is 8.42 Å². The maximum absolute atomic E-state index is 11.7. The molecule has 1 unspecified atom stereocenters. The van der Waals surface area contributed by atoms with Crippen LogP contribution in [0.3, 0.4) is 0 Å². The summed E-state index contributed by atoms with van der Waals surface area (Å²) in [5.74, 6) is 0. The van der Waals surface area contributed by atoms with E-state index < -0.39 is 16.1 Å². The van der Waals surface area contributed by atoms with E-state index in [0.29, 0.717) is 5.56 Å². The molecule has 0 amide bonds. The molecule has 4 N–H and O–H groups in total. The lowest BCUT2D eigenvalue weighted by Crippen LogP contribution is -2.18. The van der Waals surface area contributed by atoms with Gasteiger partial charge in [0.2, 0.25) is 10.0 Å². The topological polar surface area (TPSA) is 86.2 Å². The van der Waals surface area contributed by atoms with E-state index in [9.17, 15) is 8.42 Å². The Morgan fingerprint density at radius 3 is 2.16 bits per heavy atom. The third-order valence-corrected chi connectivity index (χ3v) is 3.88. The Morgan fingerprint density at radius 1 is 1.00 bits per heavy atom. The zero-order chi connectivity index (χ0) is 14.0. The van der Waals surface area contributed by atoms with Crippen LogP contribution in [0.25, 0.3) is 11.1 Å². The molecule has 0 aliphatic carbocycles. The van der Waals surface area contributed by atoms with Crippen molar-refractivity contribution in [2.75, 3.05) is 0 Å². The molecule has 0 bridgehead atoms. The number of nitrogens with two attached hydrogens (primary N) is 2. The molecule has 0 fully saturated rings. The van der Waals surface area contributed by atoms with Crippen LogP contribution < -0.4 is 10.9 Å². The average Bonchev–Trinajstić information content (AvgIpc) is 2.37. The lowest BCUT2D eigenvalue weighted by molar-refractivity contribution is 0.595. The molecule has 100 valence electrons. The molecule has 0 aromatic heterocycles. The number of hydrogen-bond donors (Lipinski definition) is 2. The van der Waals surface area contributed by atoms with Crippen molar-refractivity contribution in [2.24, 2.45) is 10.9 Å². The van der Waals surface area contributed by atoms with Crippen LogP contribution in [0.5, 0.6) is 0 Å². The second-order valence-electron chi connectivity index (χ2n) is 4.42. The molecule has 0 spiro atoms. The van der Waals surface area contributed by atoms with Crippen molar-refractivity contribution in [1.82, 2.24) is 0 Å². The van der Waals surface area contributed by atoms with Crippen LogP contribution in [0.15, 0.2) is 53.4 Å². The molecular weight excluding hydrogens is 260 g/mol. The number of rotatable bonds is 3. The van der Waals surface area contributed by atoms with Gasteiger partial charge in [0.05, 0.1) is 4.90 Å². The van der Waals surface area contributed by atoms with Gasteiger partial charge in [0.15, 0.2) is 0 Å². The van der Waals surface area contributed by atoms with Gasteiger partial charge in [-0.2, -0.15) is 0 Å². The molecule has 0 heterocycles. The SMILES string of the molecule is CC(N)c1c(-c2ccccc2)cccc1S(N)(=O)=O. The minimum absolute atomic E-state index is 0.0869. The van der Waals surface area contributed by atoms with Crippen LogP contribution in [0.1, 0.15) is 18.5 Å². The first kappa shape index (κ1) is 13.7. The molecule has 2 rings (SSSR count). The number of primary sulfonamides is 1. The van der Waals surface area contributed by atoms with Crippen molar-refractivity contribution >= 4 is 10.0 Å². The van der Waals surface area contributed by atoms with Crippen molar-refractivity contribution < 1.29 is 8.42 Å². The molecule has 0 saturated heterocycles. The molecule has 2 aromatic rings. The highest BCUT2D eigenvalue weighted by molar-refractivity contribution is 7.89. The molecular formula is C14H16N2O2S. The van der Waals surface area contributed by atoms with Crippen molar-refractivity contribution in [3.05, 3.63) is 54.1 Å². The van der Waals surface area contributed by atoms with Gasteiger partial charge in [-0.3, -0.25) is 0 Å². The van der Waals surface area contributed by atoms with Crippen LogP contribution in [0.2, 0.25) is 0 Å². The molecule has 0 aliphatic rings. The summed E-state index contributed by atoms with van der Waals surface area (Å²) < 4.78 is 23.3. The Morgan fingerprint density at radius 2 is 1.63 bits per heavy atom. The standard InChI is InChI=1S/C14H16N2O2S/c1-10(15)14-12(11-6-3-2-4-7-11)8-5-9-13(14)19(16,17)18/h2-10H,15H2,1H3,(H2,16,17,18). The van der Waals surface area contributed by atoms with Gasteiger partial charge in [0.25, 0.3) is 0 Å². The van der Waals surface area contributed by atoms with E-state index in [1.807, 2.05) is 36.4 Å². The minimum Gasteiger partial charge on any atom is -0.324 e. The maximum Gasteiger partial charge on any atom is 0.238 e.